The zero-order chi connectivity index (χ0) is 10.7. The number of nitrogens with zero attached hydrogens (tertiary/aromatic N) is 2. The molecular weight excluding hydrogens is 188 g/mol. The van der Waals surface area contributed by atoms with Crippen molar-refractivity contribution >= 4 is 5.69 Å². The Morgan fingerprint density at radius 3 is 2.47 bits per heavy atom. The monoisotopic (exact) mass is 196 g/mol. The molecule has 0 aliphatic heterocycles. The first-order valence-electron chi connectivity index (χ1n) is 4.51. The fourth-order valence-electron chi connectivity index (χ4n) is 1.43. The first-order chi connectivity index (χ1) is 7.29. The van der Waals surface area contributed by atoms with E-state index in [4.69, 9.17) is 5.53 Å². The average Bonchev–Trinajstić information content (AvgIpc) is 2.30. The van der Waals surface area contributed by atoms with E-state index in [9.17, 15) is 5.21 Å². The van der Waals surface area contributed by atoms with Crippen LogP contribution in [0, 0.1) is 11.3 Å². The van der Waals surface area contributed by atoms with E-state index in [0.29, 0.717) is 5.56 Å². The molecule has 0 bridgehead atoms. The SMILES string of the molecule is [N]=[N+]([O-])c1ccccc1-c1[c]cccc1. The van der Waals surface area contributed by atoms with Crippen molar-refractivity contribution in [3.63, 3.8) is 0 Å². The number of benzene rings is 2. The summed E-state index contributed by atoms with van der Waals surface area (Å²) in [6, 6.07) is 17.1. The first kappa shape index (κ1) is 9.40. The maximum atomic E-state index is 10.9. The lowest BCUT2D eigenvalue weighted by Gasteiger charge is -2.03. The van der Waals surface area contributed by atoms with E-state index < -0.39 is 0 Å². The Kier molecular flexibility index (Phi) is 2.46. The summed E-state index contributed by atoms with van der Waals surface area (Å²) in [7, 11) is 0. The Morgan fingerprint density at radius 2 is 1.80 bits per heavy atom. The van der Waals surface area contributed by atoms with Gasteiger partial charge in [0.25, 0.3) is 5.69 Å². The highest BCUT2D eigenvalue weighted by atomic mass is 16.5. The third kappa shape index (κ3) is 1.86. The summed E-state index contributed by atoms with van der Waals surface area (Å²) in [5, 5.41) is 10.9. The minimum absolute atomic E-state index is 0.129. The van der Waals surface area contributed by atoms with E-state index in [2.05, 4.69) is 6.07 Å². The third-order valence-corrected chi connectivity index (χ3v) is 2.11. The van der Waals surface area contributed by atoms with Gasteiger partial charge < -0.3 is 5.21 Å². The molecule has 0 saturated heterocycles. The molecule has 0 fully saturated rings. The van der Waals surface area contributed by atoms with Crippen LogP contribution in [0.2, 0.25) is 0 Å². The summed E-state index contributed by atoms with van der Waals surface area (Å²) < 4.78 is 0. The van der Waals surface area contributed by atoms with Gasteiger partial charge in [0.2, 0.25) is 0 Å². The molecule has 2 aromatic carbocycles. The predicted octanol–water partition coefficient (Wildman–Crippen LogP) is 2.55. The predicted molar refractivity (Wildman–Crippen MR) is 56.1 cm³/mol. The van der Waals surface area contributed by atoms with E-state index in [1.165, 1.54) is 0 Å². The second-order valence-electron chi connectivity index (χ2n) is 3.07. The Hall–Kier alpha value is -2.16. The number of rotatable bonds is 2. The summed E-state index contributed by atoms with van der Waals surface area (Å²) in [5.41, 5.74) is 10.6. The van der Waals surface area contributed by atoms with Crippen molar-refractivity contribution in [1.82, 2.24) is 5.53 Å². The summed E-state index contributed by atoms with van der Waals surface area (Å²) in [6.45, 7) is 0. The zero-order valence-electron chi connectivity index (χ0n) is 7.92. The third-order valence-electron chi connectivity index (χ3n) is 2.11. The topological polar surface area (TPSA) is 48.4 Å². The van der Waals surface area contributed by atoms with Gasteiger partial charge in [0, 0.05) is 6.07 Å². The second-order valence-corrected chi connectivity index (χ2v) is 3.07. The maximum Gasteiger partial charge on any atom is 0.254 e. The van der Waals surface area contributed by atoms with Gasteiger partial charge >= 0.3 is 0 Å². The minimum Gasteiger partial charge on any atom is -0.592 e. The van der Waals surface area contributed by atoms with Crippen molar-refractivity contribution in [2.45, 2.75) is 0 Å². The van der Waals surface area contributed by atoms with Crippen molar-refractivity contribution < 1.29 is 4.86 Å². The van der Waals surface area contributed by atoms with Crippen LogP contribution in [-0.2, 0) is 0 Å². The molecular formula is C12H8N2O. The van der Waals surface area contributed by atoms with E-state index in [1.54, 1.807) is 24.3 Å². The van der Waals surface area contributed by atoms with Crippen LogP contribution in [0.1, 0.15) is 0 Å². The van der Waals surface area contributed by atoms with Crippen LogP contribution in [0.4, 0.5) is 5.69 Å². The van der Waals surface area contributed by atoms with Gasteiger partial charge in [-0.2, -0.15) is 0 Å². The average molecular weight is 196 g/mol. The van der Waals surface area contributed by atoms with Gasteiger partial charge in [0.1, 0.15) is 0 Å². The van der Waals surface area contributed by atoms with Gasteiger partial charge in [0.05, 0.1) is 5.56 Å². The smallest absolute Gasteiger partial charge is 0.254 e. The van der Waals surface area contributed by atoms with Crippen LogP contribution in [0.25, 0.3) is 11.1 Å². The largest absolute Gasteiger partial charge is 0.592 e. The van der Waals surface area contributed by atoms with Crippen molar-refractivity contribution in [3.05, 3.63) is 59.8 Å². The lowest BCUT2D eigenvalue weighted by molar-refractivity contribution is -0.437. The van der Waals surface area contributed by atoms with E-state index in [0.717, 1.165) is 5.56 Å². The van der Waals surface area contributed by atoms with Crippen LogP contribution in [0.3, 0.4) is 0 Å². The van der Waals surface area contributed by atoms with Crippen LogP contribution >= 0.6 is 0 Å². The number of hydrogen-bond donors (Lipinski definition) is 0. The molecule has 0 aliphatic rings. The summed E-state index contributed by atoms with van der Waals surface area (Å²) in [4.78, 5) is -0.129. The van der Waals surface area contributed by atoms with Crippen molar-refractivity contribution in [3.8, 4) is 11.1 Å². The quantitative estimate of drug-likeness (QED) is 0.413. The van der Waals surface area contributed by atoms with Gasteiger partial charge in [-0.15, -0.1) is 0 Å². The van der Waals surface area contributed by atoms with Crippen LogP contribution in [-0.4, -0.2) is 4.86 Å². The summed E-state index contributed by atoms with van der Waals surface area (Å²) in [5.74, 6) is 0. The lowest BCUT2D eigenvalue weighted by atomic mass is 10.0. The second kappa shape index (κ2) is 3.92. The molecule has 0 aromatic heterocycles. The van der Waals surface area contributed by atoms with E-state index in [1.807, 2.05) is 24.3 Å². The van der Waals surface area contributed by atoms with E-state index >= 15 is 0 Å². The Bertz CT molecular complexity index is 480. The molecule has 0 N–H and O–H groups in total. The lowest BCUT2D eigenvalue weighted by Crippen LogP contribution is -1.93. The zero-order valence-corrected chi connectivity index (χ0v) is 7.92. The Morgan fingerprint density at radius 1 is 1.07 bits per heavy atom. The Labute approximate surface area is 87.7 Å². The molecule has 2 radical (unpaired) electrons. The molecule has 15 heavy (non-hydrogen) atoms. The molecule has 0 atom stereocenters. The molecule has 3 heteroatoms. The minimum atomic E-state index is -0.129. The first-order valence-corrected chi connectivity index (χ1v) is 4.51. The molecule has 0 heterocycles. The highest BCUT2D eigenvalue weighted by Crippen LogP contribution is 2.28. The van der Waals surface area contributed by atoms with Gasteiger partial charge in [-0.3, -0.25) is 0 Å². The van der Waals surface area contributed by atoms with Crippen molar-refractivity contribution in [2.24, 2.45) is 0 Å². The summed E-state index contributed by atoms with van der Waals surface area (Å²) in [6.07, 6.45) is 0. The van der Waals surface area contributed by atoms with Crippen LogP contribution < -0.4 is 5.53 Å². The highest BCUT2D eigenvalue weighted by Gasteiger charge is 2.11. The number of para-hydroxylation sites is 1. The van der Waals surface area contributed by atoms with Gasteiger partial charge in [-0.05, 0) is 22.6 Å². The molecule has 0 aliphatic carbocycles. The van der Waals surface area contributed by atoms with Crippen molar-refractivity contribution in [1.29, 1.82) is 0 Å². The standard InChI is InChI=1S/C12H8N2O/c13-14(15)12-9-5-4-8-11(12)10-6-2-1-3-7-10/h1-6,8-9H. The molecule has 2 aromatic rings. The van der Waals surface area contributed by atoms with Gasteiger partial charge in [0.15, 0.2) is 5.53 Å². The molecule has 2 rings (SSSR count). The molecule has 3 nitrogen and oxygen atoms in total. The van der Waals surface area contributed by atoms with Gasteiger partial charge in [-0.25, -0.2) is 0 Å². The van der Waals surface area contributed by atoms with Crippen LogP contribution in [0.15, 0.2) is 48.5 Å². The Balaban J connectivity index is 2.58. The molecule has 0 spiro atoms. The molecule has 0 saturated carbocycles. The maximum absolute atomic E-state index is 10.9. The normalized spacial score (nSPS) is 9.87. The molecule has 0 amide bonds. The van der Waals surface area contributed by atoms with E-state index in [-0.39, 0.29) is 10.5 Å². The molecule has 72 valence electrons. The molecule has 0 unspecified atom stereocenters. The summed E-state index contributed by atoms with van der Waals surface area (Å²) >= 11 is 0. The fraction of sp³-hybridized carbons (Fsp3) is 0. The van der Waals surface area contributed by atoms with Crippen molar-refractivity contribution in [2.75, 3.05) is 0 Å². The highest BCUT2D eigenvalue weighted by molar-refractivity contribution is 5.72. The fourth-order valence-corrected chi connectivity index (χ4v) is 1.43. The van der Waals surface area contributed by atoms with Gasteiger partial charge in [-0.1, -0.05) is 36.4 Å². The van der Waals surface area contributed by atoms with Crippen LogP contribution in [0.5, 0.6) is 0 Å². The number of hydrogen-bond acceptors (Lipinski definition) is 1.